The summed E-state index contributed by atoms with van der Waals surface area (Å²) in [5, 5.41) is 6.72. The summed E-state index contributed by atoms with van der Waals surface area (Å²) in [6, 6.07) is 0. The van der Waals surface area contributed by atoms with Crippen molar-refractivity contribution < 1.29 is 23.1 Å². The van der Waals surface area contributed by atoms with Gasteiger partial charge in [0.2, 0.25) is 10.0 Å². The number of carbonyl (C=O) groups is 1. The summed E-state index contributed by atoms with van der Waals surface area (Å²) in [5.41, 5.74) is 0.685. The van der Waals surface area contributed by atoms with Gasteiger partial charge in [0.25, 0.3) is 6.47 Å². The number of anilines is 1. The zero-order chi connectivity index (χ0) is 20.9. The van der Waals surface area contributed by atoms with Gasteiger partial charge in [0.15, 0.2) is 5.65 Å². The number of nitrogens with one attached hydrogen (secondary N) is 1. The molecule has 1 saturated carbocycles. The van der Waals surface area contributed by atoms with Gasteiger partial charge in [0.05, 0.1) is 29.3 Å². The van der Waals surface area contributed by atoms with E-state index in [0.29, 0.717) is 12.5 Å². The molecule has 1 spiro atoms. The third-order valence-electron chi connectivity index (χ3n) is 6.89. The average Bonchev–Trinajstić information content (AvgIpc) is 3.09. The molecule has 2 N–H and O–H groups in total. The molecule has 3 aliphatic heterocycles. The van der Waals surface area contributed by atoms with Crippen LogP contribution in [0.2, 0.25) is 0 Å². The van der Waals surface area contributed by atoms with Crippen LogP contribution in [0, 0.1) is 11.8 Å². The highest BCUT2D eigenvalue weighted by atomic mass is 32.2. The van der Waals surface area contributed by atoms with Gasteiger partial charge in [-0.3, -0.25) is 14.2 Å². The molecular weight excluding hydrogens is 410 g/mol. The van der Waals surface area contributed by atoms with Crippen LogP contribution in [-0.4, -0.2) is 71.0 Å². The van der Waals surface area contributed by atoms with Gasteiger partial charge < -0.3 is 14.7 Å². The fourth-order valence-electron chi connectivity index (χ4n) is 5.42. The molecule has 162 valence electrons. The highest BCUT2D eigenvalue weighted by Gasteiger charge is 2.63. The predicted octanol–water partition coefficient (Wildman–Crippen LogP) is 0.496. The second-order valence-corrected chi connectivity index (χ2v) is 10.6. The Morgan fingerprint density at radius 3 is 2.90 bits per heavy atom. The molecule has 5 heterocycles. The molecule has 10 nitrogen and oxygen atoms in total. The van der Waals surface area contributed by atoms with Crippen molar-refractivity contribution in [3.8, 4) is 0 Å². The van der Waals surface area contributed by atoms with Crippen LogP contribution < -0.4 is 9.62 Å². The van der Waals surface area contributed by atoms with Gasteiger partial charge in [0.1, 0.15) is 5.82 Å². The molecule has 30 heavy (non-hydrogen) atoms. The van der Waals surface area contributed by atoms with Gasteiger partial charge in [-0.05, 0) is 25.7 Å². The molecule has 2 aromatic heterocycles. The number of imidazole rings is 1. The minimum absolute atomic E-state index is 0.150. The van der Waals surface area contributed by atoms with Gasteiger partial charge in [-0.1, -0.05) is 0 Å². The fourth-order valence-corrected chi connectivity index (χ4v) is 6.83. The molecular formula is C19H25N5O5S. The number of sulfonamides is 1. The summed E-state index contributed by atoms with van der Waals surface area (Å²) in [6.45, 7) is 1.95. The molecule has 4 fully saturated rings. The number of rotatable bonds is 5. The monoisotopic (exact) mass is 435 g/mol. The van der Waals surface area contributed by atoms with E-state index >= 15 is 0 Å². The van der Waals surface area contributed by atoms with Crippen molar-refractivity contribution in [3.05, 3.63) is 24.8 Å². The second kappa shape index (κ2) is 7.17. The van der Waals surface area contributed by atoms with E-state index in [1.165, 1.54) is 0 Å². The zero-order valence-corrected chi connectivity index (χ0v) is 17.2. The topological polar surface area (TPSA) is 126 Å². The van der Waals surface area contributed by atoms with Crippen LogP contribution in [0.3, 0.4) is 0 Å². The van der Waals surface area contributed by atoms with Crippen molar-refractivity contribution in [1.29, 1.82) is 0 Å². The molecule has 4 atom stereocenters. The van der Waals surface area contributed by atoms with Gasteiger partial charge in [-0.25, -0.2) is 18.1 Å². The molecule has 11 heteroatoms. The summed E-state index contributed by atoms with van der Waals surface area (Å²) in [5.74, 6) is 1.61. The van der Waals surface area contributed by atoms with E-state index < -0.39 is 10.0 Å². The molecule has 0 unspecified atom stereocenters. The first-order valence-electron chi connectivity index (χ1n) is 10.2. The standard InChI is InChI=1S/C18H23N5O3S.CH2O2/c24-27(25,12-1-2-12)21-7-13-14-10-22(11-18(14)4-3-15(13)26-18)17-9-19-8-16-20-5-6-23(16)17;2-1-3/h5-6,8-9,12-15,21H,1-4,7,10-11H2;1H,(H,2,3)/t13-,14+,15+,18+;/m0./s1. The van der Waals surface area contributed by atoms with E-state index in [2.05, 4.69) is 24.0 Å². The number of ether oxygens (including phenoxy) is 1. The lowest BCUT2D eigenvalue weighted by molar-refractivity contribution is -0.122. The minimum atomic E-state index is -3.15. The number of hydrogen-bond acceptors (Lipinski definition) is 7. The van der Waals surface area contributed by atoms with E-state index in [1.807, 2.05) is 12.4 Å². The smallest absolute Gasteiger partial charge is 0.290 e. The molecule has 0 radical (unpaired) electrons. The van der Waals surface area contributed by atoms with Crippen LogP contribution in [0.5, 0.6) is 0 Å². The lowest BCUT2D eigenvalue weighted by Crippen LogP contribution is -2.42. The Morgan fingerprint density at radius 2 is 2.13 bits per heavy atom. The van der Waals surface area contributed by atoms with Crippen LogP contribution in [0.25, 0.3) is 5.65 Å². The number of nitrogens with zero attached hydrogens (tertiary/aromatic N) is 4. The molecule has 0 amide bonds. The van der Waals surface area contributed by atoms with Gasteiger partial charge >= 0.3 is 0 Å². The van der Waals surface area contributed by atoms with Crippen LogP contribution >= 0.6 is 0 Å². The van der Waals surface area contributed by atoms with E-state index in [0.717, 1.165) is 50.2 Å². The molecule has 2 bridgehead atoms. The van der Waals surface area contributed by atoms with E-state index in [-0.39, 0.29) is 29.3 Å². The second-order valence-electron chi connectivity index (χ2n) is 8.53. The maximum Gasteiger partial charge on any atom is 0.290 e. The number of fused-ring (bicyclic) bond motifs is 2. The Morgan fingerprint density at radius 1 is 1.33 bits per heavy atom. The molecule has 0 aromatic carbocycles. The van der Waals surface area contributed by atoms with Gasteiger partial charge in [-0.2, -0.15) is 0 Å². The highest BCUT2D eigenvalue weighted by Crippen LogP contribution is 2.55. The van der Waals surface area contributed by atoms with Crippen molar-refractivity contribution in [2.45, 2.75) is 42.6 Å². The first-order chi connectivity index (χ1) is 14.5. The lowest BCUT2D eigenvalue weighted by Gasteiger charge is -2.29. The minimum Gasteiger partial charge on any atom is -0.483 e. The zero-order valence-electron chi connectivity index (χ0n) is 16.4. The summed E-state index contributed by atoms with van der Waals surface area (Å²) < 4.78 is 35.9. The van der Waals surface area contributed by atoms with Crippen molar-refractivity contribution >= 4 is 28.0 Å². The van der Waals surface area contributed by atoms with Crippen LogP contribution in [0.15, 0.2) is 24.8 Å². The molecule has 3 saturated heterocycles. The third kappa shape index (κ3) is 3.15. The van der Waals surface area contributed by atoms with Crippen molar-refractivity contribution in [2.24, 2.45) is 11.8 Å². The Hall–Kier alpha value is -2.24. The van der Waals surface area contributed by atoms with Crippen molar-refractivity contribution in [3.63, 3.8) is 0 Å². The quantitative estimate of drug-likeness (QED) is 0.650. The van der Waals surface area contributed by atoms with Gasteiger partial charge in [-0.15, -0.1) is 0 Å². The first-order valence-corrected chi connectivity index (χ1v) is 11.8. The Labute approximate surface area is 174 Å². The van der Waals surface area contributed by atoms with E-state index in [4.69, 9.17) is 14.6 Å². The predicted molar refractivity (Wildman–Crippen MR) is 108 cm³/mol. The SMILES string of the molecule is O=CO.O=S(=O)(NC[C@H]1[C@H]2CN(c3cncc4nccn34)C[C@]23CC[C@H]1O3)C1CC1. The van der Waals surface area contributed by atoms with Gasteiger partial charge in [0, 0.05) is 43.9 Å². The number of carboxylic acid groups (broad SMARTS) is 1. The average molecular weight is 436 g/mol. The molecule has 4 aliphatic rings. The van der Waals surface area contributed by atoms with E-state index in [9.17, 15) is 8.42 Å². The molecule has 2 aromatic rings. The normalized spacial score (nSPS) is 32.1. The Balaban J connectivity index is 0.000000609. The first kappa shape index (κ1) is 19.7. The van der Waals surface area contributed by atoms with Crippen LogP contribution in [0.1, 0.15) is 25.7 Å². The highest BCUT2D eigenvalue weighted by molar-refractivity contribution is 7.90. The van der Waals surface area contributed by atoms with Crippen molar-refractivity contribution in [2.75, 3.05) is 24.5 Å². The third-order valence-corrected chi connectivity index (χ3v) is 8.81. The summed E-state index contributed by atoms with van der Waals surface area (Å²) in [4.78, 5) is 19.4. The summed E-state index contributed by atoms with van der Waals surface area (Å²) in [7, 11) is -3.15. The molecule has 6 rings (SSSR count). The Kier molecular flexibility index (Phi) is 4.71. The molecule has 1 aliphatic carbocycles. The summed E-state index contributed by atoms with van der Waals surface area (Å²) in [6.07, 6.45) is 11.2. The number of aromatic nitrogens is 3. The Bertz CT molecular complexity index is 1050. The maximum atomic E-state index is 12.3. The van der Waals surface area contributed by atoms with Crippen LogP contribution in [-0.2, 0) is 19.6 Å². The number of hydrogen-bond donors (Lipinski definition) is 2. The fraction of sp³-hybridized carbons (Fsp3) is 0.632. The summed E-state index contributed by atoms with van der Waals surface area (Å²) >= 11 is 0. The lowest BCUT2D eigenvalue weighted by atomic mass is 9.74. The van der Waals surface area contributed by atoms with Crippen LogP contribution in [0.4, 0.5) is 5.82 Å². The van der Waals surface area contributed by atoms with Crippen molar-refractivity contribution in [1.82, 2.24) is 19.1 Å². The maximum absolute atomic E-state index is 12.3. The largest absolute Gasteiger partial charge is 0.483 e. The van der Waals surface area contributed by atoms with E-state index in [1.54, 1.807) is 12.4 Å².